The highest BCUT2D eigenvalue weighted by atomic mass is 27.3. The molecule has 34 heavy (non-hydrogen) atoms. The number of rotatable bonds is 7. The normalized spacial score (nSPS) is 7.88. The quantitative estimate of drug-likeness (QED) is 0.140. The summed E-state index contributed by atoms with van der Waals surface area (Å²) >= 11 is -2.43. The second kappa shape index (κ2) is 20.4. The molecule has 198 valence electrons. The van der Waals surface area contributed by atoms with Crippen molar-refractivity contribution in [3.8, 4) is 107 Å². The lowest BCUT2D eigenvalue weighted by Gasteiger charge is -2.18. The first-order chi connectivity index (χ1) is 16.3. The van der Waals surface area contributed by atoms with Crippen LogP contribution in [0.5, 0.6) is 0 Å². The number of ether oxygens (including phenoxy) is 1. The van der Waals surface area contributed by atoms with Gasteiger partial charge in [-0.2, -0.15) is 0 Å². The maximum atomic E-state index is 11.8. The average molecular weight is 497 g/mol. The van der Waals surface area contributed by atoms with E-state index in [9.17, 15) is 4.79 Å². The molecular weight excluding hydrogens is 443 g/mol. The Bertz CT molecular complexity index is 1340. The zero-order valence-electron chi connectivity index (χ0n) is 19.4. The average Bonchev–Trinajstić information content (AvgIpc) is 2.74. The van der Waals surface area contributed by atoms with Gasteiger partial charge >= 0.3 is 21.1 Å². The van der Waals surface area contributed by atoms with Crippen molar-refractivity contribution in [3.05, 3.63) is 11.8 Å². The van der Waals surface area contributed by atoms with Gasteiger partial charge in [-0.05, 0) is 82.0 Å². The molecule has 0 heterocycles. The molecule has 0 aliphatic rings. The molecule has 0 saturated heterocycles. The van der Waals surface area contributed by atoms with Crippen molar-refractivity contribution in [2.75, 3.05) is 0 Å². The largest absolute Gasteiger partial charge is 1.00 e. The van der Waals surface area contributed by atoms with Gasteiger partial charge in [-0.1, -0.05) is 0 Å². The lowest BCUT2D eigenvalue weighted by molar-refractivity contribution is -0.131. The van der Waals surface area contributed by atoms with Gasteiger partial charge in [0.2, 0.25) is 0 Å². The first kappa shape index (κ1) is 29.5. The lowest BCUT2D eigenvalue weighted by atomic mass is 10.5. The minimum atomic E-state index is -2.43. The van der Waals surface area contributed by atoms with Crippen molar-refractivity contribution in [3.63, 3.8) is 0 Å². The van der Waals surface area contributed by atoms with Crippen molar-refractivity contribution in [2.45, 2.75) is 46.8 Å². The van der Waals surface area contributed by atoms with Gasteiger partial charge in [0.05, 0.1) is 11.8 Å². The van der Waals surface area contributed by atoms with Crippen LogP contribution < -0.4 is 0 Å². The summed E-state index contributed by atoms with van der Waals surface area (Å²) in [5, 5.41) is 0. The van der Waals surface area contributed by atoms with E-state index < -0.39 is 21.1 Å². The van der Waals surface area contributed by atoms with E-state index in [4.69, 9.17) is 22.5 Å². The second-order valence-electron chi connectivity index (χ2n) is 6.07. The van der Waals surface area contributed by atoms with Crippen LogP contribution in [0.4, 0.5) is 0 Å². The summed E-state index contributed by atoms with van der Waals surface area (Å²) in [7, 11) is 0. The van der Waals surface area contributed by atoms with Gasteiger partial charge in [0.1, 0.15) is 6.11 Å². The summed E-state index contributed by atoms with van der Waals surface area (Å²) in [6.45, 7) is 9.09. The summed E-state index contributed by atoms with van der Waals surface area (Å²) in [6, 6.07) is 0. The Morgan fingerprint density at radius 2 is 1.12 bits per heavy atom. The Balaban J connectivity index is -0.0000000400. The number of allylic oxidation sites excluding steroid dienone is 1. The second-order valence-corrected chi connectivity index (χ2v) is 7.43. The van der Waals surface area contributed by atoms with Gasteiger partial charge in [-0.15, -0.1) is 6.42 Å². The van der Waals surface area contributed by atoms with Gasteiger partial charge in [0.25, 0.3) is 0 Å². The molecule has 0 atom stereocenters. The molecule has 0 saturated carbocycles. The van der Waals surface area contributed by atoms with E-state index in [1.165, 1.54) is 0 Å². The molecule has 0 N–H and O–H groups in total. The number of hydrogen-bond acceptors (Lipinski definition) is 5. The summed E-state index contributed by atoms with van der Waals surface area (Å²) < 4.78 is 21.5. The van der Waals surface area contributed by atoms with Crippen LogP contribution in [0.2, 0.25) is 0 Å². The molecule has 0 rings (SSSR count). The summed E-state index contributed by atoms with van der Waals surface area (Å²) in [5.74, 6) is 38.2. The van der Waals surface area contributed by atoms with E-state index in [1.54, 1.807) is 6.92 Å². The fourth-order valence-electron chi connectivity index (χ4n) is 1.46. The van der Waals surface area contributed by atoms with Crippen LogP contribution in [-0.2, 0) is 20.9 Å². The van der Waals surface area contributed by atoms with Crippen molar-refractivity contribution in [2.24, 2.45) is 0 Å². The van der Waals surface area contributed by atoms with Crippen molar-refractivity contribution >= 4 is 21.1 Å². The highest BCUT2D eigenvalue weighted by molar-refractivity contribution is 6.37. The zero-order chi connectivity index (χ0) is 25.4. The minimum absolute atomic E-state index is 0. The molecule has 0 aromatic rings. The van der Waals surface area contributed by atoms with Gasteiger partial charge in [-0.25, -0.2) is 4.79 Å². The van der Waals surface area contributed by atoms with E-state index in [0.717, 1.165) is 6.08 Å². The third kappa shape index (κ3) is 20.8. The Morgan fingerprint density at radius 1 is 0.735 bits per heavy atom. The Kier molecular flexibility index (Phi) is 17.7. The van der Waals surface area contributed by atoms with Crippen LogP contribution in [0.25, 0.3) is 0 Å². The number of hydrogen-bond donors (Lipinski definition) is 0. The smallest absolute Gasteiger partial charge is 0.602 e. The van der Waals surface area contributed by atoms with Crippen LogP contribution in [0.3, 0.4) is 0 Å². The molecule has 0 amide bonds. The Labute approximate surface area is 233 Å². The Hall–Kier alpha value is -4.50. The van der Waals surface area contributed by atoms with Crippen molar-refractivity contribution in [1.82, 2.24) is 0 Å². The van der Waals surface area contributed by atoms with E-state index >= 15 is 0 Å². The molecule has 0 bridgehead atoms. The fourth-order valence-corrected chi connectivity index (χ4v) is 2.89. The van der Waals surface area contributed by atoms with Crippen LogP contribution in [0, 0.1) is 107 Å². The minimum Gasteiger partial charge on any atom is -0.602 e. The maximum absolute atomic E-state index is 11.8. The van der Waals surface area contributed by atoms with Crippen LogP contribution in [0.15, 0.2) is 11.8 Å². The Morgan fingerprint density at radius 3 is 1.50 bits per heavy atom. The van der Waals surface area contributed by atoms with Gasteiger partial charge in [0.15, 0.2) is 0 Å². The topological polar surface area (TPSA) is 54.0 Å². The number of esters is 1. The third-order valence-corrected chi connectivity index (χ3v) is 4.62. The summed E-state index contributed by atoms with van der Waals surface area (Å²) in [4.78, 5) is 11.8. The maximum Gasteiger partial charge on any atom is 1.00 e. The van der Waals surface area contributed by atoms with E-state index in [0.29, 0.717) is 5.76 Å². The van der Waals surface area contributed by atoms with Gasteiger partial charge in [-0.3, -0.25) is 0 Å². The lowest BCUT2D eigenvalue weighted by Crippen LogP contribution is -2.32. The van der Waals surface area contributed by atoms with Crippen LogP contribution in [0.1, 0.15) is 58.9 Å². The van der Waals surface area contributed by atoms with Crippen LogP contribution >= 0.6 is 0 Å². The summed E-state index contributed by atoms with van der Waals surface area (Å²) in [5.41, 5.74) is 0. The number of carbonyl (C=O) groups excluding carboxylic acids is 1. The monoisotopic (exact) mass is 496 g/mol. The predicted molar refractivity (Wildman–Crippen MR) is 166 cm³/mol. The van der Waals surface area contributed by atoms with Crippen molar-refractivity contribution < 1.29 is 45.1 Å². The predicted octanol–water partition coefficient (Wildman–Crippen LogP) is 6.08. The molecule has 0 aromatic carbocycles. The first-order valence-electron chi connectivity index (χ1n) is 9.67. The van der Waals surface area contributed by atoms with Crippen LogP contribution in [-0.4, -0.2) is 33.3 Å². The molecule has 0 radical (unpaired) electrons. The third-order valence-electron chi connectivity index (χ3n) is 2.52. The molecule has 6 heteroatoms. The van der Waals surface area contributed by atoms with E-state index in [1.807, 2.05) is 27.7 Å². The molecule has 0 spiro atoms. The van der Waals surface area contributed by atoms with Gasteiger partial charge in [0, 0.05) is 83.8 Å². The molecule has 0 fully saturated rings. The number of carbonyl (C=O) groups is 1. The molecule has 0 unspecified atom stereocenters. The van der Waals surface area contributed by atoms with Crippen molar-refractivity contribution in [1.29, 1.82) is 0 Å². The van der Waals surface area contributed by atoms with Gasteiger partial charge < -0.3 is 16.1 Å². The SMILES string of the molecule is C#CC#CC#CC#CC#CC#CC#CC#CC#COC(=O)/C=C(/C)[O][Al]([O]C(C)C)[O]C(C)C.[HH].[HH].[HH].[HH].[HH].[HH].[HH].[HH].[HH].[HH].[HH].[HH].[HH].[HH].[HH].[HH].[HH]. The van der Waals surface area contributed by atoms with E-state index in [-0.39, 0.29) is 36.5 Å². The molecule has 5 nitrogen and oxygen atoms in total. The van der Waals surface area contributed by atoms with E-state index in [2.05, 4.69) is 101 Å². The zero-order valence-corrected chi connectivity index (χ0v) is 20.6. The standard InChI is InChI=1S/C22H6O3.2C3H7O.Al.17H2/c1-3-4-5-6-7-8-9-10-11-12-13-14-15-16-17-18-19-25-22(24)20-21(2)23;2*1-3(2)4;;;;;;;;;;;;;;;;;;/h1,20,23H,2H3;2*3H,1-2H3;;17*1H/q;2*-1;+3;;;;;;;;;;;;;;;;;/p-1/b21-20-;;;;;;;;;;;;;;;;;;;;. The highest BCUT2D eigenvalue weighted by Crippen LogP contribution is 2.07. The molecule has 0 aliphatic heterocycles. The number of terminal acetylenes is 1. The fraction of sp³-hybridized carbons (Fsp3) is 0.250. The highest BCUT2D eigenvalue weighted by Gasteiger charge is 2.37. The molecule has 0 aliphatic carbocycles. The molecular formula is C28H53AlO5. The first-order valence-corrected chi connectivity index (χ1v) is 11.1. The summed E-state index contributed by atoms with van der Waals surface area (Å²) in [6.07, 6.45) is 8.11. The molecule has 0 aromatic heterocycles.